The van der Waals surface area contributed by atoms with Crippen LogP contribution in [0.4, 0.5) is 0 Å². The third-order valence-corrected chi connectivity index (χ3v) is 4.10. The van der Waals surface area contributed by atoms with Crippen LogP contribution in [0.25, 0.3) is 0 Å². The number of nitrogens with one attached hydrogen (secondary N) is 1. The number of nitrogens with zero attached hydrogens (tertiary/aromatic N) is 1. The topological polar surface area (TPSA) is 71.8 Å². The average molecular weight is 292 g/mol. The maximum atomic E-state index is 12.1. The minimum atomic E-state index is -0.255. The third kappa shape index (κ3) is 3.44. The van der Waals surface area contributed by atoms with Gasteiger partial charge in [0.25, 0.3) is 0 Å². The minimum Gasteiger partial charge on any atom is -0.467 e. The van der Waals surface area contributed by atoms with Crippen LogP contribution >= 0.6 is 0 Å². The fraction of sp³-hybridized carbons (Fsp3) is 0.600. The van der Waals surface area contributed by atoms with Crippen molar-refractivity contribution in [2.24, 2.45) is 11.8 Å². The largest absolute Gasteiger partial charge is 0.467 e. The van der Waals surface area contributed by atoms with Gasteiger partial charge in [-0.25, -0.2) is 0 Å². The molecular weight excluding hydrogens is 272 g/mol. The Bertz CT molecular complexity index is 494. The van der Waals surface area contributed by atoms with Crippen LogP contribution < -0.4 is 5.32 Å². The van der Waals surface area contributed by atoms with Gasteiger partial charge in [-0.1, -0.05) is 0 Å². The summed E-state index contributed by atoms with van der Waals surface area (Å²) in [4.78, 5) is 25.8. The molecule has 114 valence electrons. The first-order valence-corrected chi connectivity index (χ1v) is 7.38. The van der Waals surface area contributed by atoms with Gasteiger partial charge in [0, 0.05) is 32.0 Å². The van der Waals surface area contributed by atoms with E-state index in [0.717, 1.165) is 18.8 Å². The number of ether oxygens (including phenoxy) is 1. The molecule has 0 bridgehead atoms. The zero-order chi connectivity index (χ0) is 14.7. The molecule has 2 fully saturated rings. The zero-order valence-corrected chi connectivity index (χ0v) is 11.9. The van der Waals surface area contributed by atoms with E-state index in [0.29, 0.717) is 32.2 Å². The van der Waals surface area contributed by atoms with Crippen molar-refractivity contribution in [1.29, 1.82) is 0 Å². The van der Waals surface area contributed by atoms with Crippen LogP contribution in [-0.4, -0.2) is 43.0 Å². The van der Waals surface area contributed by atoms with Crippen molar-refractivity contribution in [2.45, 2.75) is 19.4 Å². The highest BCUT2D eigenvalue weighted by Crippen LogP contribution is 2.21. The Morgan fingerprint density at radius 3 is 3.10 bits per heavy atom. The molecule has 2 atom stereocenters. The van der Waals surface area contributed by atoms with E-state index in [9.17, 15) is 9.59 Å². The summed E-state index contributed by atoms with van der Waals surface area (Å²) in [6.45, 7) is 3.04. The van der Waals surface area contributed by atoms with Crippen LogP contribution in [0, 0.1) is 11.8 Å². The summed E-state index contributed by atoms with van der Waals surface area (Å²) in [6, 6.07) is 3.63. The van der Waals surface area contributed by atoms with Gasteiger partial charge in [-0.05, 0) is 18.6 Å². The van der Waals surface area contributed by atoms with Crippen LogP contribution in [0.3, 0.4) is 0 Å². The monoisotopic (exact) mass is 292 g/mol. The van der Waals surface area contributed by atoms with Crippen molar-refractivity contribution in [3.05, 3.63) is 24.2 Å². The zero-order valence-electron chi connectivity index (χ0n) is 11.9. The molecule has 1 aromatic heterocycles. The lowest BCUT2D eigenvalue weighted by molar-refractivity contribution is -0.129. The first-order valence-electron chi connectivity index (χ1n) is 7.38. The summed E-state index contributed by atoms with van der Waals surface area (Å²) in [5.74, 6) is 0.875. The van der Waals surface area contributed by atoms with Gasteiger partial charge in [-0.15, -0.1) is 0 Å². The summed E-state index contributed by atoms with van der Waals surface area (Å²) in [5, 5.41) is 2.95. The summed E-state index contributed by atoms with van der Waals surface area (Å²) in [5.41, 5.74) is 0. The van der Waals surface area contributed by atoms with Crippen molar-refractivity contribution in [3.63, 3.8) is 0 Å². The molecule has 21 heavy (non-hydrogen) atoms. The van der Waals surface area contributed by atoms with E-state index < -0.39 is 0 Å². The number of hydrogen-bond donors (Lipinski definition) is 1. The van der Waals surface area contributed by atoms with Gasteiger partial charge < -0.3 is 19.4 Å². The molecule has 0 radical (unpaired) electrons. The summed E-state index contributed by atoms with van der Waals surface area (Å²) in [6.07, 6.45) is 2.87. The highest BCUT2D eigenvalue weighted by molar-refractivity contribution is 5.89. The Kier molecular flexibility index (Phi) is 4.24. The lowest BCUT2D eigenvalue weighted by Crippen LogP contribution is -2.36. The third-order valence-electron chi connectivity index (χ3n) is 4.10. The van der Waals surface area contributed by atoms with Crippen molar-refractivity contribution in [3.8, 4) is 0 Å². The van der Waals surface area contributed by atoms with E-state index in [2.05, 4.69) is 5.32 Å². The smallest absolute Gasteiger partial charge is 0.225 e. The van der Waals surface area contributed by atoms with Gasteiger partial charge in [-0.3, -0.25) is 9.59 Å². The molecule has 0 saturated carbocycles. The molecular formula is C15H20N2O4. The SMILES string of the molecule is O=C(NC[C@H]1CCOC1)[C@H]1CC(=O)N(Cc2ccco2)C1. The highest BCUT2D eigenvalue weighted by atomic mass is 16.5. The standard InChI is InChI=1S/C15H20N2O4/c18-14-6-12(8-17(14)9-13-2-1-4-21-13)15(19)16-7-11-3-5-20-10-11/h1-2,4,11-12H,3,5-10H2,(H,16,19)/t11-,12+/m1/s1. The molecule has 0 aliphatic carbocycles. The highest BCUT2D eigenvalue weighted by Gasteiger charge is 2.34. The molecule has 2 saturated heterocycles. The summed E-state index contributed by atoms with van der Waals surface area (Å²) < 4.78 is 10.5. The summed E-state index contributed by atoms with van der Waals surface area (Å²) in [7, 11) is 0. The second kappa shape index (κ2) is 6.30. The number of carbonyl (C=O) groups is 2. The molecule has 6 nitrogen and oxygen atoms in total. The van der Waals surface area contributed by atoms with Crippen LogP contribution in [0.5, 0.6) is 0 Å². The maximum Gasteiger partial charge on any atom is 0.225 e. The lowest BCUT2D eigenvalue weighted by atomic mass is 10.1. The number of furan rings is 1. The Morgan fingerprint density at radius 1 is 1.48 bits per heavy atom. The van der Waals surface area contributed by atoms with Crippen molar-refractivity contribution < 1.29 is 18.7 Å². The average Bonchev–Trinajstić information content (AvgIpc) is 3.20. The van der Waals surface area contributed by atoms with E-state index in [-0.39, 0.29) is 24.2 Å². The van der Waals surface area contributed by atoms with Gasteiger partial charge in [0.15, 0.2) is 0 Å². The first kappa shape index (κ1) is 14.1. The van der Waals surface area contributed by atoms with Crippen LogP contribution in [0.2, 0.25) is 0 Å². The van der Waals surface area contributed by atoms with E-state index >= 15 is 0 Å². The minimum absolute atomic E-state index is 0.00995. The molecule has 2 aliphatic rings. The maximum absolute atomic E-state index is 12.1. The van der Waals surface area contributed by atoms with E-state index in [4.69, 9.17) is 9.15 Å². The number of hydrogen-bond acceptors (Lipinski definition) is 4. The molecule has 0 unspecified atom stereocenters. The van der Waals surface area contributed by atoms with Gasteiger partial charge in [0.2, 0.25) is 11.8 Å². The second-order valence-corrected chi connectivity index (χ2v) is 5.73. The quantitative estimate of drug-likeness (QED) is 0.870. The Hall–Kier alpha value is -1.82. The van der Waals surface area contributed by atoms with E-state index in [1.807, 2.05) is 6.07 Å². The van der Waals surface area contributed by atoms with Crippen LogP contribution in [0.1, 0.15) is 18.6 Å². The molecule has 0 aromatic carbocycles. The molecule has 0 spiro atoms. The van der Waals surface area contributed by atoms with Crippen LogP contribution in [0.15, 0.2) is 22.8 Å². The number of rotatable bonds is 5. The van der Waals surface area contributed by atoms with Gasteiger partial charge in [0.05, 0.1) is 25.3 Å². The normalized spacial score (nSPS) is 25.5. The van der Waals surface area contributed by atoms with Gasteiger partial charge in [-0.2, -0.15) is 0 Å². The van der Waals surface area contributed by atoms with Crippen molar-refractivity contribution in [2.75, 3.05) is 26.3 Å². The van der Waals surface area contributed by atoms with E-state index in [1.54, 1.807) is 17.2 Å². The Balaban J connectivity index is 1.47. The number of likely N-dealkylation sites (tertiary alicyclic amines) is 1. The van der Waals surface area contributed by atoms with Crippen LogP contribution in [-0.2, 0) is 20.9 Å². The summed E-state index contributed by atoms with van der Waals surface area (Å²) >= 11 is 0. The molecule has 6 heteroatoms. The first-order chi connectivity index (χ1) is 10.2. The van der Waals surface area contributed by atoms with Gasteiger partial charge >= 0.3 is 0 Å². The predicted octanol–water partition coefficient (Wildman–Crippen LogP) is 0.781. The molecule has 2 amide bonds. The number of amides is 2. The second-order valence-electron chi connectivity index (χ2n) is 5.73. The molecule has 2 aliphatic heterocycles. The Labute approximate surface area is 123 Å². The van der Waals surface area contributed by atoms with E-state index in [1.165, 1.54) is 0 Å². The van der Waals surface area contributed by atoms with Crippen molar-refractivity contribution >= 4 is 11.8 Å². The van der Waals surface area contributed by atoms with Crippen molar-refractivity contribution in [1.82, 2.24) is 10.2 Å². The fourth-order valence-corrected chi connectivity index (χ4v) is 2.82. The predicted molar refractivity (Wildman–Crippen MR) is 74.2 cm³/mol. The molecule has 1 aromatic rings. The Morgan fingerprint density at radius 2 is 2.38 bits per heavy atom. The van der Waals surface area contributed by atoms with Gasteiger partial charge in [0.1, 0.15) is 5.76 Å². The molecule has 3 rings (SSSR count). The molecule has 3 heterocycles. The lowest BCUT2D eigenvalue weighted by Gasteiger charge is -2.15. The fourth-order valence-electron chi connectivity index (χ4n) is 2.82. The number of carbonyl (C=O) groups excluding carboxylic acids is 2. The molecule has 1 N–H and O–H groups in total.